The van der Waals surface area contributed by atoms with Crippen molar-refractivity contribution in [2.75, 3.05) is 12.4 Å². The maximum Gasteiger partial charge on any atom is 0.697 e. The van der Waals surface area contributed by atoms with Crippen molar-refractivity contribution < 1.29 is 23.5 Å². The van der Waals surface area contributed by atoms with Gasteiger partial charge in [0.2, 0.25) is 5.78 Å². The molecule has 33 heavy (non-hydrogen) atoms. The molecule has 2 aliphatic heterocycles. The third kappa shape index (κ3) is 3.59. The van der Waals surface area contributed by atoms with Gasteiger partial charge in [-0.3, -0.25) is 9.36 Å². The average molecular weight is 488 g/mol. The predicted molar refractivity (Wildman–Crippen MR) is 118 cm³/mol. The van der Waals surface area contributed by atoms with Crippen LogP contribution in [0, 0.1) is 0 Å². The number of ether oxygens (including phenoxy) is 1. The zero-order valence-electron chi connectivity index (χ0n) is 17.1. The van der Waals surface area contributed by atoms with Gasteiger partial charge in [0.25, 0.3) is 5.56 Å². The molecule has 0 amide bonds. The molecule has 170 valence electrons. The van der Waals surface area contributed by atoms with E-state index in [1.807, 2.05) is 18.2 Å². The molecule has 0 bridgehead atoms. The van der Waals surface area contributed by atoms with E-state index in [1.54, 1.807) is 10.8 Å². The van der Waals surface area contributed by atoms with Crippen LogP contribution in [0.1, 0.15) is 11.8 Å². The molecule has 0 aliphatic carbocycles. The Kier molecular flexibility index (Phi) is 5.28. The first-order valence-electron chi connectivity index (χ1n) is 10.3. The van der Waals surface area contributed by atoms with Gasteiger partial charge < -0.3 is 14.8 Å². The lowest BCUT2D eigenvalue weighted by molar-refractivity contribution is -0.0583. The van der Waals surface area contributed by atoms with Crippen LogP contribution in [-0.4, -0.2) is 59.7 Å². The molecule has 6 rings (SSSR count). The molecule has 3 aromatic heterocycles. The van der Waals surface area contributed by atoms with Crippen molar-refractivity contribution in [1.82, 2.24) is 23.9 Å². The largest absolute Gasteiger partial charge is 0.697 e. The smallest absolute Gasteiger partial charge is 0.385 e. The molecule has 5 heterocycles. The highest BCUT2D eigenvalue weighted by atomic mass is 32.2. The Balaban J connectivity index is 1.41. The van der Waals surface area contributed by atoms with Gasteiger partial charge in [0.05, 0.1) is 0 Å². The highest BCUT2D eigenvalue weighted by molar-refractivity contribution is 7.99. The number of imidazole rings is 2. The number of rotatable bonds is 5. The fourth-order valence-electron chi connectivity index (χ4n) is 4.16. The second-order valence-electron chi connectivity index (χ2n) is 7.74. The van der Waals surface area contributed by atoms with Gasteiger partial charge in [0.1, 0.15) is 24.5 Å². The molecule has 0 radical (unpaired) electrons. The van der Waals surface area contributed by atoms with Crippen molar-refractivity contribution in [2.45, 2.75) is 36.1 Å². The average Bonchev–Trinajstić information content (AvgIpc) is 3.51. The summed E-state index contributed by atoms with van der Waals surface area (Å²) >= 11 is 1.45. The Bertz CT molecular complexity index is 1400. The van der Waals surface area contributed by atoms with Crippen LogP contribution in [0.15, 0.2) is 52.7 Å². The van der Waals surface area contributed by atoms with E-state index in [2.05, 4.69) is 27.1 Å². The van der Waals surface area contributed by atoms with Crippen molar-refractivity contribution in [1.29, 1.82) is 0 Å². The number of aryl methyl sites for hydroxylation is 1. The minimum absolute atomic E-state index is 0.0393. The van der Waals surface area contributed by atoms with E-state index in [1.165, 1.54) is 27.9 Å². The monoisotopic (exact) mass is 488 g/mol. The number of aliphatic hydroxyl groups excluding tert-OH is 1. The molecule has 2 N–H and O–H groups in total. The van der Waals surface area contributed by atoms with Crippen LogP contribution in [0.3, 0.4) is 0 Å². The fourth-order valence-corrected chi connectivity index (χ4v) is 5.96. The van der Waals surface area contributed by atoms with Crippen molar-refractivity contribution >= 4 is 37.0 Å². The summed E-state index contributed by atoms with van der Waals surface area (Å²) in [7, 11) is -2.32. The Hall–Kier alpha value is -2.60. The van der Waals surface area contributed by atoms with E-state index in [0.29, 0.717) is 22.3 Å². The van der Waals surface area contributed by atoms with Crippen molar-refractivity contribution in [3.8, 4) is 0 Å². The summed E-state index contributed by atoms with van der Waals surface area (Å²) in [6.07, 6.45) is 0.413. The Morgan fingerprint density at radius 1 is 1.30 bits per heavy atom. The molecule has 11 nitrogen and oxygen atoms in total. The van der Waals surface area contributed by atoms with Crippen molar-refractivity contribution in [3.05, 3.63) is 58.6 Å². The quantitative estimate of drug-likeness (QED) is 0.320. The Labute approximate surface area is 191 Å². The lowest BCUT2D eigenvalue weighted by atomic mass is 10.1. The van der Waals surface area contributed by atoms with Gasteiger partial charge in [-0.1, -0.05) is 42.1 Å². The molecule has 2 saturated heterocycles. The van der Waals surface area contributed by atoms with Crippen LogP contribution in [0.5, 0.6) is 0 Å². The number of thioether (sulfide) groups is 1. The van der Waals surface area contributed by atoms with Crippen LogP contribution < -0.4 is 5.56 Å². The van der Waals surface area contributed by atoms with Gasteiger partial charge in [0.15, 0.2) is 23.0 Å². The number of aromatic nitrogens is 5. The maximum atomic E-state index is 13.0. The minimum Gasteiger partial charge on any atom is -0.385 e. The normalized spacial score (nSPS) is 26.3. The third-order valence-corrected chi connectivity index (χ3v) is 7.48. The number of H-pyrrole nitrogens is 1. The lowest BCUT2D eigenvalue weighted by Gasteiger charge is -2.19. The zero-order valence-corrected chi connectivity index (χ0v) is 18.8. The second kappa shape index (κ2) is 8.32. The molecule has 2 unspecified atom stereocenters. The number of hydrogen-bond donors (Lipinski definition) is 2. The standard InChI is InChI=1S/C20H18N5O6PS/c26-14-15-12(10-29-32(28)31-15)30-18(14)25-16-13(17(27)24-8-7-21-19(24)23-16)22-20(25)33-9-6-11-4-2-1-3-5-11/h1-5,7-8,12,14-15,18,26H,6,9-10H2/p+1/t12?,14-,15+,18+/m0/s1. The fraction of sp³-hybridized carbons (Fsp3) is 0.350. The van der Waals surface area contributed by atoms with E-state index in [-0.39, 0.29) is 17.7 Å². The van der Waals surface area contributed by atoms with Gasteiger partial charge in [-0.2, -0.15) is 0 Å². The summed E-state index contributed by atoms with van der Waals surface area (Å²) in [6.45, 7) is 0.0393. The molecule has 4 aromatic rings. The number of aliphatic hydroxyl groups is 1. The van der Waals surface area contributed by atoms with Crippen LogP contribution in [0.25, 0.3) is 16.9 Å². The molecule has 13 heteroatoms. The minimum atomic E-state index is -2.32. The summed E-state index contributed by atoms with van der Waals surface area (Å²) in [6, 6.07) is 10.0. The number of nitrogens with zero attached hydrogens (tertiary/aromatic N) is 4. The van der Waals surface area contributed by atoms with Crippen LogP contribution in [-0.2, 0) is 24.8 Å². The molecule has 2 aliphatic rings. The van der Waals surface area contributed by atoms with Crippen molar-refractivity contribution in [3.63, 3.8) is 0 Å². The molecular formula is C20H19N5O6PS+. The van der Waals surface area contributed by atoms with E-state index >= 15 is 0 Å². The summed E-state index contributed by atoms with van der Waals surface area (Å²) in [5, 5.41) is 11.5. The Morgan fingerprint density at radius 2 is 2.15 bits per heavy atom. The van der Waals surface area contributed by atoms with Crippen LogP contribution >= 0.6 is 20.0 Å². The van der Waals surface area contributed by atoms with Gasteiger partial charge in [-0.05, 0) is 12.0 Å². The van der Waals surface area contributed by atoms with Crippen LogP contribution in [0.4, 0.5) is 0 Å². The summed E-state index contributed by atoms with van der Waals surface area (Å²) in [4.78, 5) is 24.9. The first-order valence-corrected chi connectivity index (χ1v) is 12.4. The number of fused-ring (bicyclic) bond motifs is 3. The summed E-state index contributed by atoms with van der Waals surface area (Å²) < 4.78 is 31.2. The third-order valence-electron chi connectivity index (χ3n) is 5.75. The van der Waals surface area contributed by atoms with Gasteiger partial charge in [0, 0.05) is 22.7 Å². The highest BCUT2D eigenvalue weighted by Crippen LogP contribution is 2.44. The maximum absolute atomic E-state index is 13.0. The summed E-state index contributed by atoms with van der Waals surface area (Å²) in [5.74, 6) is 1.04. The first-order chi connectivity index (χ1) is 16.1. The zero-order chi connectivity index (χ0) is 22.5. The van der Waals surface area contributed by atoms with Crippen LogP contribution in [0.2, 0.25) is 0 Å². The summed E-state index contributed by atoms with van der Waals surface area (Å²) in [5.41, 5.74) is 1.44. The molecule has 0 saturated carbocycles. The first kappa shape index (κ1) is 21.0. The van der Waals surface area contributed by atoms with Crippen molar-refractivity contribution in [2.24, 2.45) is 0 Å². The number of benzene rings is 1. The number of hydrogen-bond acceptors (Lipinski definition) is 9. The second-order valence-corrected chi connectivity index (χ2v) is 9.72. The molecule has 2 fully saturated rings. The van der Waals surface area contributed by atoms with E-state index < -0.39 is 32.8 Å². The molecule has 5 atom stereocenters. The number of aromatic amines is 1. The predicted octanol–water partition coefficient (Wildman–Crippen LogP) is 2.04. The Morgan fingerprint density at radius 3 is 3.00 bits per heavy atom. The SMILES string of the molecule is O=c1c2nc(SCCc3ccccc3)n([C@@H]3OC4CO[P+](=O)O[C@H]4[C@@H]3O)c2[nH]c2nccn12. The molecule has 1 aromatic carbocycles. The van der Waals surface area contributed by atoms with E-state index in [4.69, 9.17) is 13.8 Å². The van der Waals surface area contributed by atoms with Gasteiger partial charge in [-0.15, -0.1) is 9.05 Å². The highest BCUT2D eigenvalue weighted by Gasteiger charge is 2.55. The topological polar surface area (TPSA) is 133 Å². The van der Waals surface area contributed by atoms with Gasteiger partial charge in [-0.25, -0.2) is 14.4 Å². The lowest BCUT2D eigenvalue weighted by Crippen LogP contribution is -2.37. The molecule has 0 spiro atoms. The number of nitrogens with one attached hydrogen (secondary N) is 1. The van der Waals surface area contributed by atoms with Gasteiger partial charge >= 0.3 is 8.25 Å². The molecular weight excluding hydrogens is 469 g/mol. The van der Waals surface area contributed by atoms with E-state index in [0.717, 1.165) is 6.42 Å². The van der Waals surface area contributed by atoms with E-state index in [9.17, 15) is 14.5 Å².